The number of rotatable bonds is 4. The Labute approximate surface area is 95.9 Å². The summed E-state index contributed by atoms with van der Waals surface area (Å²) in [7, 11) is 0. The lowest BCUT2D eigenvalue weighted by Gasteiger charge is -2.13. The Kier molecular flexibility index (Phi) is 5.25. The zero-order valence-electron chi connectivity index (χ0n) is 9.91. The second-order valence-electron chi connectivity index (χ2n) is 4.13. The van der Waals surface area contributed by atoms with Gasteiger partial charge in [0, 0.05) is 19.2 Å². The van der Waals surface area contributed by atoms with Gasteiger partial charge in [-0.25, -0.2) is 0 Å². The lowest BCUT2D eigenvalue weighted by molar-refractivity contribution is -0.139. The van der Waals surface area contributed by atoms with Crippen LogP contribution >= 0.6 is 0 Å². The highest BCUT2D eigenvalue weighted by Gasteiger charge is 2.19. The van der Waals surface area contributed by atoms with E-state index in [0.717, 1.165) is 25.9 Å². The summed E-state index contributed by atoms with van der Waals surface area (Å²) in [5.74, 6) is -1.14. The average Bonchev–Trinajstić information content (AvgIpc) is 2.78. The summed E-state index contributed by atoms with van der Waals surface area (Å²) in [6.45, 7) is 4.99. The zero-order chi connectivity index (χ0) is 12.0. The van der Waals surface area contributed by atoms with E-state index in [1.165, 1.54) is 0 Å². The van der Waals surface area contributed by atoms with Crippen LogP contribution in [0, 0.1) is 0 Å². The predicted molar refractivity (Wildman–Crippen MR) is 59.9 cm³/mol. The number of amides is 2. The second-order valence-corrected chi connectivity index (χ2v) is 4.13. The molecular formula is C11H20N2O3. The lowest BCUT2D eigenvalue weighted by Crippen LogP contribution is -2.45. The van der Waals surface area contributed by atoms with Crippen molar-refractivity contribution in [1.29, 1.82) is 0 Å². The Morgan fingerprint density at radius 2 is 2.19 bits per heavy atom. The van der Waals surface area contributed by atoms with Gasteiger partial charge in [-0.3, -0.25) is 9.59 Å². The number of carbonyl (C=O) groups excluding carboxylic acids is 2. The van der Waals surface area contributed by atoms with Gasteiger partial charge in [-0.05, 0) is 26.2 Å². The first-order chi connectivity index (χ1) is 7.63. The van der Waals surface area contributed by atoms with Crippen LogP contribution in [0.15, 0.2) is 0 Å². The fourth-order valence-electron chi connectivity index (χ4n) is 1.48. The molecular weight excluding hydrogens is 208 g/mol. The summed E-state index contributed by atoms with van der Waals surface area (Å²) < 4.78 is 5.34. The van der Waals surface area contributed by atoms with Crippen molar-refractivity contribution in [3.63, 3.8) is 0 Å². The fourth-order valence-corrected chi connectivity index (χ4v) is 1.48. The van der Waals surface area contributed by atoms with Crippen molar-refractivity contribution in [2.24, 2.45) is 0 Å². The number of hydrogen-bond acceptors (Lipinski definition) is 3. The Morgan fingerprint density at radius 3 is 2.75 bits per heavy atom. The van der Waals surface area contributed by atoms with E-state index >= 15 is 0 Å². The molecule has 1 fully saturated rings. The van der Waals surface area contributed by atoms with Crippen molar-refractivity contribution < 1.29 is 14.3 Å². The molecule has 0 radical (unpaired) electrons. The molecule has 1 aliphatic rings. The number of nitrogens with one attached hydrogen (secondary N) is 2. The van der Waals surface area contributed by atoms with Crippen molar-refractivity contribution in [1.82, 2.24) is 10.6 Å². The van der Waals surface area contributed by atoms with Crippen LogP contribution in [-0.2, 0) is 14.3 Å². The van der Waals surface area contributed by atoms with E-state index < -0.39 is 11.8 Å². The van der Waals surface area contributed by atoms with Crippen LogP contribution in [0.2, 0.25) is 0 Å². The average molecular weight is 228 g/mol. The van der Waals surface area contributed by atoms with Gasteiger partial charge in [0.05, 0.1) is 6.10 Å². The third-order valence-electron chi connectivity index (χ3n) is 2.71. The Hall–Kier alpha value is -1.10. The summed E-state index contributed by atoms with van der Waals surface area (Å²) >= 11 is 0. The van der Waals surface area contributed by atoms with Crippen molar-refractivity contribution in [2.45, 2.75) is 45.3 Å². The highest BCUT2D eigenvalue weighted by Crippen LogP contribution is 2.10. The third-order valence-corrected chi connectivity index (χ3v) is 2.71. The van der Waals surface area contributed by atoms with Gasteiger partial charge in [-0.1, -0.05) is 6.92 Å². The Bertz CT molecular complexity index is 250. The first-order valence-electron chi connectivity index (χ1n) is 5.83. The molecule has 1 heterocycles. The van der Waals surface area contributed by atoms with Gasteiger partial charge in [0.1, 0.15) is 0 Å². The smallest absolute Gasteiger partial charge is 0.309 e. The van der Waals surface area contributed by atoms with Crippen LogP contribution in [0.4, 0.5) is 0 Å². The monoisotopic (exact) mass is 228 g/mol. The highest BCUT2D eigenvalue weighted by atomic mass is 16.5. The minimum atomic E-state index is -0.573. The van der Waals surface area contributed by atoms with E-state index in [1.54, 1.807) is 0 Å². The van der Waals surface area contributed by atoms with E-state index in [4.69, 9.17) is 4.74 Å². The molecule has 0 aliphatic carbocycles. The molecule has 0 bridgehead atoms. The van der Waals surface area contributed by atoms with E-state index in [0.29, 0.717) is 6.54 Å². The molecule has 5 heteroatoms. The second kappa shape index (κ2) is 6.48. The number of carbonyl (C=O) groups is 2. The first-order valence-corrected chi connectivity index (χ1v) is 5.83. The van der Waals surface area contributed by atoms with Crippen LogP contribution in [0.1, 0.15) is 33.1 Å². The van der Waals surface area contributed by atoms with E-state index in [9.17, 15) is 9.59 Å². The lowest BCUT2D eigenvalue weighted by atomic mass is 10.2. The fraction of sp³-hybridized carbons (Fsp3) is 0.818. The molecule has 0 aromatic heterocycles. The molecule has 92 valence electrons. The van der Waals surface area contributed by atoms with Gasteiger partial charge in [0.25, 0.3) is 0 Å². The maximum atomic E-state index is 11.4. The third kappa shape index (κ3) is 4.18. The molecule has 16 heavy (non-hydrogen) atoms. The first kappa shape index (κ1) is 13.0. The number of hydrogen-bond donors (Lipinski definition) is 2. The summed E-state index contributed by atoms with van der Waals surface area (Å²) in [4.78, 5) is 22.7. The van der Waals surface area contributed by atoms with Crippen LogP contribution in [-0.4, -0.2) is 37.1 Å². The Morgan fingerprint density at radius 1 is 1.44 bits per heavy atom. The maximum absolute atomic E-state index is 11.4. The maximum Gasteiger partial charge on any atom is 0.309 e. The standard InChI is InChI=1S/C11H20N2O3/c1-3-8(2)13-11(15)10(14)12-7-9-5-4-6-16-9/h8-9H,3-7H2,1-2H3,(H,12,14)(H,13,15)/t8-,9+/m1/s1. The van der Waals surface area contributed by atoms with Crippen molar-refractivity contribution >= 4 is 11.8 Å². The summed E-state index contributed by atoms with van der Waals surface area (Å²) in [5.41, 5.74) is 0. The molecule has 0 unspecified atom stereocenters. The minimum Gasteiger partial charge on any atom is -0.376 e. The van der Waals surface area contributed by atoms with Crippen LogP contribution in [0.25, 0.3) is 0 Å². The molecule has 2 N–H and O–H groups in total. The zero-order valence-corrected chi connectivity index (χ0v) is 9.91. The van der Waals surface area contributed by atoms with Gasteiger partial charge in [-0.15, -0.1) is 0 Å². The van der Waals surface area contributed by atoms with E-state index in [-0.39, 0.29) is 12.1 Å². The van der Waals surface area contributed by atoms with Gasteiger partial charge in [0.2, 0.25) is 0 Å². The molecule has 2 amide bonds. The minimum absolute atomic E-state index is 0.0287. The van der Waals surface area contributed by atoms with E-state index in [2.05, 4.69) is 10.6 Å². The molecule has 1 saturated heterocycles. The number of ether oxygens (including phenoxy) is 1. The van der Waals surface area contributed by atoms with Gasteiger partial charge in [0.15, 0.2) is 0 Å². The van der Waals surface area contributed by atoms with Crippen LogP contribution in [0.3, 0.4) is 0 Å². The molecule has 5 nitrogen and oxygen atoms in total. The normalized spacial score (nSPS) is 21.5. The Balaban J connectivity index is 2.20. The summed E-state index contributed by atoms with van der Waals surface area (Å²) in [6.07, 6.45) is 2.86. The SMILES string of the molecule is CC[C@@H](C)NC(=O)C(=O)NC[C@@H]1CCCO1. The topological polar surface area (TPSA) is 67.4 Å². The predicted octanol–water partition coefficient (Wildman–Crippen LogP) is 0.196. The van der Waals surface area contributed by atoms with Crippen LogP contribution in [0.5, 0.6) is 0 Å². The van der Waals surface area contributed by atoms with Gasteiger partial charge < -0.3 is 15.4 Å². The molecule has 0 saturated carbocycles. The van der Waals surface area contributed by atoms with Crippen molar-refractivity contribution in [2.75, 3.05) is 13.2 Å². The highest BCUT2D eigenvalue weighted by molar-refractivity contribution is 6.35. The van der Waals surface area contributed by atoms with Crippen molar-refractivity contribution in [3.8, 4) is 0 Å². The van der Waals surface area contributed by atoms with Gasteiger partial charge >= 0.3 is 11.8 Å². The quantitative estimate of drug-likeness (QED) is 0.675. The summed E-state index contributed by atoms with van der Waals surface area (Å²) in [5, 5.41) is 5.19. The van der Waals surface area contributed by atoms with Gasteiger partial charge in [-0.2, -0.15) is 0 Å². The molecule has 0 spiro atoms. The molecule has 1 rings (SSSR count). The molecule has 2 atom stereocenters. The summed E-state index contributed by atoms with van der Waals surface area (Å²) in [6, 6.07) is 0.0287. The molecule has 0 aromatic rings. The van der Waals surface area contributed by atoms with Crippen molar-refractivity contribution in [3.05, 3.63) is 0 Å². The van der Waals surface area contributed by atoms with E-state index in [1.807, 2.05) is 13.8 Å². The molecule has 1 aliphatic heterocycles. The molecule has 0 aromatic carbocycles. The largest absolute Gasteiger partial charge is 0.376 e. The van der Waals surface area contributed by atoms with Crippen LogP contribution < -0.4 is 10.6 Å².